The van der Waals surface area contributed by atoms with Crippen LogP contribution in [0.1, 0.15) is 29.1 Å². The quantitative estimate of drug-likeness (QED) is 0.555. The van der Waals surface area contributed by atoms with Crippen molar-refractivity contribution in [1.29, 1.82) is 0 Å². The number of nitrogens with zero attached hydrogens (tertiary/aromatic N) is 5. The lowest BCUT2D eigenvalue weighted by molar-refractivity contribution is 0.853. The molecule has 4 aromatic rings. The lowest BCUT2D eigenvalue weighted by atomic mass is 10.1. The highest BCUT2D eigenvalue weighted by Gasteiger charge is 2.11. The van der Waals surface area contributed by atoms with Crippen molar-refractivity contribution < 1.29 is 0 Å². The normalized spacial score (nSPS) is 11.9. The van der Waals surface area contributed by atoms with Gasteiger partial charge in [-0.05, 0) is 32.0 Å². The molecule has 26 heavy (non-hydrogen) atoms. The Kier molecular flexibility index (Phi) is 4.11. The van der Waals surface area contributed by atoms with Crippen LogP contribution in [0.25, 0.3) is 16.7 Å². The highest BCUT2D eigenvalue weighted by atomic mass is 32.1. The van der Waals surface area contributed by atoms with E-state index in [0.29, 0.717) is 5.82 Å². The number of rotatable bonds is 2. The molecule has 3 heterocycles. The largest absolute Gasteiger partial charge is 0.368 e. The summed E-state index contributed by atoms with van der Waals surface area (Å²) in [5, 5.41) is 8.64. The van der Waals surface area contributed by atoms with Crippen LogP contribution in [-0.2, 0) is 0 Å². The zero-order chi connectivity index (χ0) is 18.1. The average Bonchev–Trinajstić information content (AvgIpc) is 3.28. The smallest absolute Gasteiger partial charge is 0.221 e. The fourth-order valence-corrected chi connectivity index (χ4v) is 3.35. The number of aromatic nitrogens is 5. The van der Waals surface area contributed by atoms with E-state index in [1.54, 1.807) is 34.5 Å². The van der Waals surface area contributed by atoms with Gasteiger partial charge in [0, 0.05) is 34.8 Å². The number of aryl methyl sites for hydroxylation is 1. The van der Waals surface area contributed by atoms with Crippen molar-refractivity contribution in [3.05, 3.63) is 58.3 Å². The van der Waals surface area contributed by atoms with Crippen LogP contribution in [0.2, 0.25) is 0 Å². The average molecular weight is 360 g/mol. The zero-order valence-corrected chi connectivity index (χ0v) is 15.2. The molecule has 6 nitrogen and oxygen atoms in total. The molecular weight excluding hydrogens is 344 g/mol. The predicted octanol–water partition coefficient (Wildman–Crippen LogP) is 3.32. The fraction of sp³-hybridized carbons (Fsp3) is 0.158. The Hall–Kier alpha value is -3.24. The SMILES string of the molecule is Cc1nn(-c2ccnc(N)n2)c2cc(C#CC(C)c3nccs3)ccc12. The molecule has 0 aliphatic carbocycles. The molecule has 0 spiro atoms. The fourth-order valence-electron chi connectivity index (χ4n) is 2.71. The third-order valence-corrected chi connectivity index (χ3v) is 4.96. The number of thiazole rings is 1. The van der Waals surface area contributed by atoms with Gasteiger partial charge in [0.15, 0.2) is 5.82 Å². The second-order valence-corrected chi connectivity index (χ2v) is 6.79. The summed E-state index contributed by atoms with van der Waals surface area (Å²) in [6.07, 6.45) is 3.43. The molecule has 0 bridgehead atoms. The molecular formula is C19H16N6S. The maximum Gasteiger partial charge on any atom is 0.221 e. The molecule has 0 aliphatic heterocycles. The first kappa shape index (κ1) is 16.2. The summed E-state index contributed by atoms with van der Waals surface area (Å²) in [7, 11) is 0. The van der Waals surface area contributed by atoms with Gasteiger partial charge in [-0.2, -0.15) is 10.1 Å². The Morgan fingerprint density at radius 3 is 2.85 bits per heavy atom. The van der Waals surface area contributed by atoms with Crippen LogP contribution >= 0.6 is 11.3 Å². The minimum atomic E-state index is 0.0963. The molecule has 0 saturated heterocycles. The molecule has 0 fully saturated rings. The molecule has 4 rings (SSSR count). The van der Waals surface area contributed by atoms with E-state index in [9.17, 15) is 0 Å². The second kappa shape index (κ2) is 6.58. The van der Waals surface area contributed by atoms with Gasteiger partial charge < -0.3 is 5.73 Å². The zero-order valence-electron chi connectivity index (χ0n) is 14.3. The first-order chi connectivity index (χ1) is 12.6. The summed E-state index contributed by atoms with van der Waals surface area (Å²) in [4.78, 5) is 12.5. The van der Waals surface area contributed by atoms with Crippen molar-refractivity contribution in [3.8, 4) is 17.7 Å². The molecule has 7 heteroatoms. The number of anilines is 1. The number of hydrogen-bond donors (Lipinski definition) is 1. The summed E-state index contributed by atoms with van der Waals surface area (Å²) in [6, 6.07) is 7.86. The van der Waals surface area contributed by atoms with Gasteiger partial charge in [-0.15, -0.1) is 11.3 Å². The Morgan fingerprint density at radius 2 is 2.08 bits per heavy atom. The maximum atomic E-state index is 5.71. The standard InChI is InChI=1S/C19H16N6S/c1-12(18-21-9-10-26-18)3-4-14-5-6-15-13(2)24-25(16(15)11-14)17-7-8-22-19(20)23-17/h5-12H,1-2H3,(H2,20,22,23). The van der Waals surface area contributed by atoms with Crippen molar-refractivity contribution in [3.63, 3.8) is 0 Å². The summed E-state index contributed by atoms with van der Waals surface area (Å²) in [5.74, 6) is 7.46. The monoisotopic (exact) mass is 360 g/mol. The number of hydrogen-bond acceptors (Lipinski definition) is 6. The topological polar surface area (TPSA) is 82.5 Å². The van der Waals surface area contributed by atoms with Gasteiger partial charge in [-0.3, -0.25) is 0 Å². The molecule has 1 atom stereocenters. The Morgan fingerprint density at radius 1 is 1.19 bits per heavy atom. The lowest BCUT2D eigenvalue weighted by Crippen LogP contribution is -2.03. The first-order valence-electron chi connectivity index (χ1n) is 8.11. The molecule has 0 radical (unpaired) electrons. The second-order valence-electron chi connectivity index (χ2n) is 5.86. The summed E-state index contributed by atoms with van der Waals surface area (Å²) >= 11 is 1.62. The van der Waals surface area contributed by atoms with Gasteiger partial charge in [0.2, 0.25) is 5.95 Å². The Balaban J connectivity index is 1.76. The van der Waals surface area contributed by atoms with Crippen LogP contribution in [-0.4, -0.2) is 24.7 Å². The molecule has 0 amide bonds. The number of benzene rings is 1. The highest BCUT2D eigenvalue weighted by Crippen LogP contribution is 2.23. The predicted molar refractivity (Wildman–Crippen MR) is 103 cm³/mol. The molecule has 128 valence electrons. The minimum absolute atomic E-state index is 0.0963. The number of nitrogens with two attached hydrogens (primary N) is 1. The molecule has 0 aliphatic rings. The van der Waals surface area contributed by atoms with Crippen LogP contribution in [0.4, 0.5) is 5.95 Å². The molecule has 2 N–H and O–H groups in total. The van der Waals surface area contributed by atoms with E-state index in [2.05, 4.69) is 38.8 Å². The maximum absolute atomic E-state index is 5.71. The van der Waals surface area contributed by atoms with Crippen LogP contribution in [0.15, 0.2) is 42.0 Å². The van der Waals surface area contributed by atoms with E-state index in [4.69, 9.17) is 5.73 Å². The van der Waals surface area contributed by atoms with E-state index in [-0.39, 0.29) is 11.9 Å². The van der Waals surface area contributed by atoms with Crippen molar-refractivity contribution >= 4 is 28.2 Å². The Bertz CT molecular complexity index is 1130. The van der Waals surface area contributed by atoms with Crippen LogP contribution in [0, 0.1) is 18.8 Å². The van der Waals surface area contributed by atoms with Crippen LogP contribution < -0.4 is 5.73 Å². The van der Waals surface area contributed by atoms with Crippen molar-refractivity contribution in [1.82, 2.24) is 24.7 Å². The van der Waals surface area contributed by atoms with Crippen molar-refractivity contribution in [2.45, 2.75) is 19.8 Å². The Labute approximate surface area is 154 Å². The summed E-state index contributed by atoms with van der Waals surface area (Å²) < 4.78 is 1.78. The van der Waals surface area contributed by atoms with E-state index < -0.39 is 0 Å². The van der Waals surface area contributed by atoms with Gasteiger partial charge in [0.1, 0.15) is 5.01 Å². The third kappa shape index (κ3) is 3.03. The number of nitrogen functional groups attached to an aromatic ring is 1. The van der Waals surface area contributed by atoms with Crippen LogP contribution in [0.3, 0.4) is 0 Å². The van der Waals surface area contributed by atoms with Gasteiger partial charge in [0.05, 0.1) is 17.1 Å². The van der Waals surface area contributed by atoms with Gasteiger partial charge in [-0.1, -0.05) is 11.8 Å². The van der Waals surface area contributed by atoms with E-state index in [1.165, 1.54) is 0 Å². The molecule has 1 unspecified atom stereocenters. The molecule has 1 aromatic carbocycles. The van der Waals surface area contributed by atoms with E-state index in [0.717, 1.165) is 27.2 Å². The van der Waals surface area contributed by atoms with Crippen molar-refractivity contribution in [2.75, 3.05) is 5.73 Å². The summed E-state index contributed by atoms with van der Waals surface area (Å²) in [6.45, 7) is 4.03. The molecule has 3 aromatic heterocycles. The van der Waals surface area contributed by atoms with E-state index >= 15 is 0 Å². The molecule has 0 saturated carbocycles. The van der Waals surface area contributed by atoms with E-state index in [1.807, 2.05) is 30.5 Å². The highest BCUT2D eigenvalue weighted by molar-refractivity contribution is 7.09. The summed E-state index contributed by atoms with van der Waals surface area (Å²) in [5.41, 5.74) is 8.50. The third-order valence-electron chi connectivity index (χ3n) is 4.00. The van der Waals surface area contributed by atoms with Crippen LogP contribution in [0.5, 0.6) is 0 Å². The lowest BCUT2D eigenvalue weighted by Gasteiger charge is -2.03. The van der Waals surface area contributed by atoms with Gasteiger partial charge in [-0.25, -0.2) is 14.6 Å². The minimum Gasteiger partial charge on any atom is -0.368 e. The first-order valence-corrected chi connectivity index (χ1v) is 8.99. The van der Waals surface area contributed by atoms with Crippen molar-refractivity contribution in [2.24, 2.45) is 0 Å². The van der Waals surface area contributed by atoms with Gasteiger partial charge >= 0.3 is 0 Å². The van der Waals surface area contributed by atoms with Gasteiger partial charge in [0.25, 0.3) is 0 Å². The number of fused-ring (bicyclic) bond motifs is 1.